The Hall–Kier alpha value is -1.52. The molecule has 2 aromatic rings. The Bertz CT molecular complexity index is 672. The molecule has 1 aliphatic rings. The number of halogens is 1. The van der Waals surface area contributed by atoms with Gasteiger partial charge in [-0.15, -0.1) is 12.4 Å². The van der Waals surface area contributed by atoms with Crippen LogP contribution in [0.3, 0.4) is 0 Å². The molecule has 24 heavy (non-hydrogen) atoms. The number of likely N-dealkylation sites (tertiary alicyclic amines) is 1. The van der Waals surface area contributed by atoms with Crippen molar-refractivity contribution in [3.63, 3.8) is 0 Å². The summed E-state index contributed by atoms with van der Waals surface area (Å²) in [5, 5.41) is 1.22. The fraction of sp³-hybridized carbons (Fsp3) is 0.526. The van der Waals surface area contributed by atoms with Gasteiger partial charge in [0.25, 0.3) is 0 Å². The van der Waals surface area contributed by atoms with Gasteiger partial charge in [-0.2, -0.15) is 0 Å². The van der Waals surface area contributed by atoms with E-state index in [1.54, 1.807) is 0 Å². The van der Waals surface area contributed by atoms with Crippen LogP contribution in [0.5, 0.6) is 0 Å². The van der Waals surface area contributed by atoms with Gasteiger partial charge < -0.3 is 15.2 Å². The highest BCUT2D eigenvalue weighted by atomic mass is 35.5. The van der Waals surface area contributed by atoms with E-state index in [9.17, 15) is 4.79 Å². The van der Waals surface area contributed by atoms with Gasteiger partial charge in [-0.25, -0.2) is 0 Å². The molecular weight excluding hydrogens is 322 g/mol. The third-order valence-corrected chi connectivity index (χ3v) is 4.68. The molecular formula is C19H28ClN3O. The third kappa shape index (κ3) is 4.31. The fourth-order valence-corrected chi connectivity index (χ4v) is 3.53. The summed E-state index contributed by atoms with van der Waals surface area (Å²) < 4.78 is 2.10. The Kier molecular flexibility index (Phi) is 6.69. The summed E-state index contributed by atoms with van der Waals surface area (Å²) in [6.07, 6.45) is 7.71. The summed E-state index contributed by atoms with van der Waals surface area (Å²) in [5.74, 6) is 0.236. The summed E-state index contributed by atoms with van der Waals surface area (Å²) in [6, 6.07) is 8.42. The van der Waals surface area contributed by atoms with Crippen LogP contribution in [0.4, 0.5) is 0 Å². The van der Waals surface area contributed by atoms with E-state index in [2.05, 4.69) is 22.9 Å². The van der Waals surface area contributed by atoms with E-state index in [-0.39, 0.29) is 24.4 Å². The second kappa shape index (κ2) is 8.54. The van der Waals surface area contributed by atoms with Gasteiger partial charge in [-0.05, 0) is 37.8 Å². The number of para-hydroxylation sites is 1. The Morgan fingerprint density at radius 3 is 2.50 bits per heavy atom. The first-order valence-electron chi connectivity index (χ1n) is 8.75. The van der Waals surface area contributed by atoms with E-state index in [1.807, 2.05) is 24.0 Å². The van der Waals surface area contributed by atoms with Crippen LogP contribution in [0.15, 0.2) is 30.5 Å². The highest BCUT2D eigenvalue weighted by molar-refractivity contribution is 5.86. The number of carbonyl (C=O) groups is 1. The summed E-state index contributed by atoms with van der Waals surface area (Å²) in [5.41, 5.74) is 8.34. The zero-order valence-corrected chi connectivity index (χ0v) is 15.2. The molecule has 0 spiro atoms. The number of nitrogens with two attached hydrogens (primary N) is 1. The van der Waals surface area contributed by atoms with Crippen molar-refractivity contribution < 1.29 is 4.79 Å². The molecule has 1 fully saturated rings. The molecule has 0 saturated carbocycles. The Balaban J connectivity index is 0.00000208. The van der Waals surface area contributed by atoms with Crippen LogP contribution in [-0.2, 0) is 17.8 Å². The predicted octanol–water partition coefficient (Wildman–Crippen LogP) is 3.36. The molecule has 2 heterocycles. The molecule has 1 aromatic heterocycles. The minimum atomic E-state index is 0. The molecule has 1 aromatic carbocycles. The minimum Gasteiger partial charge on any atom is -0.341 e. The summed E-state index contributed by atoms with van der Waals surface area (Å²) in [4.78, 5) is 14.7. The van der Waals surface area contributed by atoms with E-state index in [0.29, 0.717) is 6.54 Å². The molecule has 0 aliphatic carbocycles. The Morgan fingerprint density at radius 1 is 1.17 bits per heavy atom. The highest BCUT2D eigenvalue weighted by Gasteiger charge is 2.17. The number of amides is 1. The van der Waals surface area contributed by atoms with Gasteiger partial charge in [0.2, 0.25) is 5.91 Å². The number of rotatable bonds is 4. The number of hydrogen-bond donors (Lipinski definition) is 1. The minimum absolute atomic E-state index is 0. The van der Waals surface area contributed by atoms with Crippen LogP contribution in [-0.4, -0.2) is 34.5 Å². The molecule has 1 aliphatic heterocycles. The highest BCUT2D eigenvalue weighted by Crippen LogP contribution is 2.23. The van der Waals surface area contributed by atoms with Crippen molar-refractivity contribution in [2.45, 2.75) is 51.6 Å². The second-order valence-electron chi connectivity index (χ2n) is 6.78. The number of nitrogens with zero attached hydrogens (tertiary/aromatic N) is 2. The number of fused-ring (bicyclic) bond motifs is 1. The van der Waals surface area contributed by atoms with Crippen LogP contribution in [0.2, 0.25) is 0 Å². The zero-order valence-electron chi connectivity index (χ0n) is 14.4. The van der Waals surface area contributed by atoms with Crippen molar-refractivity contribution in [3.05, 3.63) is 36.0 Å². The van der Waals surface area contributed by atoms with Gasteiger partial charge in [0, 0.05) is 36.2 Å². The van der Waals surface area contributed by atoms with Gasteiger partial charge in [-0.1, -0.05) is 31.0 Å². The molecule has 3 rings (SSSR count). The quantitative estimate of drug-likeness (QED) is 0.920. The van der Waals surface area contributed by atoms with E-state index in [4.69, 9.17) is 5.73 Å². The SMILES string of the molecule is CC(N)Cc1cn(CC(=O)N2CCCCCC2)c2ccccc12.Cl. The lowest BCUT2D eigenvalue weighted by Crippen LogP contribution is -2.34. The van der Waals surface area contributed by atoms with Crippen LogP contribution in [0.1, 0.15) is 38.2 Å². The van der Waals surface area contributed by atoms with Crippen molar-refractivity contribution in [1.29, 1.82) is 0 Å². The Morgan fingerprint density at radius 2 is 1.83 bits per heavy atom. The standard InChI is InChI=1S/C19H27N3O.ClH/c1-15(20)12-16-13-22(18-9-5-4-8-17(16)18)14-19(23)21-10-6-2-3-7-11-21;/h4-5,8-9,13,15H,2-3,6-7,10-12,14,20H2,1H3;1H. The average molecular weight is 350 g/mol. The molecule has 1 saturated heterocycles. The van der Waals surface area contributed by atoms with Gasteiger partial charge in [-0.3, -0.25) is 4.79 Å². The molecule has 5 heteroatoms. The normalized spacial score (nSPS) is 16.5. The van der Waals surface area contributed by atoms with Crippen molar-refractivity contribution >= 4 is 29.2 Å². The monoisotopic (exact) mass is 349 g/mol. The summed E-state index contributed by atoms with van der Waals surface area (Å²) in [7, 11) is 0. The molecule has 132 valence electrons. The fourth-order valence-electron chi connectivity index (χ4n) is 3.53. The second-order valence-corrected chi connectivity index (χ2v) is 6.78. The lowest BCUT2D eigenvalue weighted by atomic mass is 10.1. The van der Waals surface area contributed by atoms with Crippen LogP contribution in [0, 0.1) is 0 Å². The van der Waals surface area contributed by atoms with E-state index >= 15 is 0 Å². The van der Waals surface area contributed by atoms with Crippen LogP contribution >= 0.6 is 12.4 Å². The van der Waals surface area contributed by atoms with Crippen LogP contribution in [0.25, 0.3) is 10.9 Å². The maximum atomic E-state index is 12.7. The lowest BCUT2D eigenvalue weighted by molar-refractivity contribution is -0.131. The zero-order chi connectivity index (χ0) is 16.2. The van der Waals surface area contributed by atoms with E-state index in [1.165, 1.54) is 23.8 Å². The third-order valence-electron chi connectivity index (χ3n) is 4.68. The molecule has 4 nitrogen and oxygen atoms in total. The van der Waals surface area contributed by atoms with Crippen LogP contribution < -0.4 is 5.73 Å². The van der Waals surface area contributed by atoms with Gasteiger partial charge in [0.15, 0.2) is 0 Å². The number of aromatic nitrogens is 1. The maximum Gasteiger partial charge on any atom is 0.242 e. The van der Waals surface area contributed by atoms with E-state index in [0.717, 1.165) is 37.9 Å². The van der Waals surface area contributed by atoms with Gasteiger partial charge >= 0.3 is 0 Å². The number of hydrogen-bond acceptors (Lipinski definition) is 2. The summed E-state index contributed by atoms with van der Waals surface area (Å²) in [6.45, 7) is 4.27. The maximum absolute atomic E-state index is 12.7. The first-order chi connectivity index (χ1) is 11.1. The number of carbonyl (C=O) groups excluding carboxylic acids is 1. The van der Waals surface area contributed by atoms with Gasteiger partial charge in [0.05, 0.1) is 0 Å². The Labute approximate surface area is 150 Å². The molecule has 1 atom stereocenters. The smallest absolute Gasteiger partial charge is 0.242 e. The molecule has 2 N–H and O–H groups in total. The average Bonchev–Trinajstić information content (AvgIpc) is 2.73. The van der Waals surface area contributed by atoms with Crippen molar-refractivity contribution in [2.24, 2.45) is 5.73 Å². The molecule has 1 unspecified atom stereocenters. The molecule has 1 amide bonds. The van der Waals surface area contributed by atoms with E-state index < -0.39 is 0 Å². The first kappa shape index (κ1) is 18.8. The van der Waals surface area contributed by atoms with Crippen molar-refractivity contribution in [2.75, 3.05) is 13.1 Å². The number of benzene rings is 1. The molecule has 0 radical (unpaired) electrons. The largest absolute Gasteiger partial charge is 0.341 e. The summed E-state index contributed by atoms with van der Waals surface area (Å²) >= 11 is 0. The lowest BCUT2D eigenvalue weighted by Gasteiger charge is -2.20. The predicted molar refractivity (Wildman–Crippen MR) is 102 cm³/mol. The molecule has 0 bridgehead atoms. The van der Waals surface area contributed by atoms with Gasteiger partial charge in [0.1, 0.15) is 6.54 Å². The first-order valence-corrected chi connectivity index (χ1v) is 8.75. The van der Waals surface area contributed by atoms with Crippen molar-refractivity contribution in [1.82, 2.24) is 9.47 Å². The van der Waals surface area contributed by atoms with Crippen molar-refractivity contribution in [3.8, 4) is 0 Å². The topological polar surface area (TPSA) is 51.3 Å².